The molecule has 0 atom stereocenters. The minimum absolute atomic E-state index is 0. The van der Waals surface area contributed by atoms with Gasteiger partial charge in [0.05, 0.1) is 18.6 Å². The van der Waals surface area contributed by atoms with E-state index in [1.807, 2.05) is 30.3 Å². The van der Waals surface area contributed by atoms with Crippen LogP contribution < -0.4 is 0 Å². The van der Waals surface area contributed by atoms with Crippen LogP contribution in [0.5, 0.6) is 0 Å². The van der Waals surface area contributed by atoms with Crippen LogP contribution in [0.15, 0.2) is 48.9 Å². The molecular formula is C10H12N6O. The summed E-state index contributed by atoms with van der Waals surface area (Å²) in [4.78, 5) is 0. The van der Waals surface area contributed by atoms with E-state index in [0.29, 0.717) is 0 Å². The SMILES string of the molecule is O.c1ccc(-c2cn[nH]n2)cc1.c1cn[nH]n1. The summed E-state index contributed by atoms with van der Waals surface area (Å²) in [7, 11) is 0. The number of hydrogen-bond donors (Lipinski definition) is 2. The van der Waals surface area contributed by atoms with E-state index in [1.54, 1.807) is 18.6 Å². The molecule has 0 radical (unpaired) electrons. The van der Waals surface area contributed by atoms with Gasteiger partial charge in [0.1, 0.15) is 5.69 Å². The standard InChI is InChI=1S/C8H7N3.C2H3N3.H2O/c1-2-4-7(5-3-1)8-6-9-11-10-8;1-2-4-5-3-1;/h1-6H,(H,9,10,11);1-2H,(H,3,4,5);1H2. The predicted molar refractivity (Wildman–Crippen MR) is 61.8 cm³/mol. The van der Waals surface area contributed by atoms with Crippen LogP contribution in [-0.2, 0) is 0 Å². The normalized spacial score (nSPS) is 8.71. The maximum atomic E-state index is 3.95. The molecule has 0 aliphatic rings. The summed E-state index contributed by atoms with van der Waals surface area (Å²) in [5, 5.41) is 19.6. The zero-order valence-corrected chi connectivity index (χ0v) is 8.91. The van der Waals surface area contributed by atoms with Gasteiger partial charge in [0.15, 0.2) is 0 Å². The Morgan fingerprint density at radius 2 is 1.53 bits per heavy atom. The van der Waals surface area contributed by atoms with E-state index in [0.717, 1.165) is 11.3 Å². The quantitative estimate of drug-likeness (QED) is 0.633. The molecule has 0 amide bonds. The minimum atomic E-state index is 0. The minimum Gasteiger partial charge on any atom is -0.412 e. The average molecular weight is 232 g/mol. The van der Waals surface area contributed by atoms with E-state index >= 15 is 0 Å². The van der Waals surface area contributed by atoms with Crippen molar-refractivity contribution in [1.82, 2.24) is 30.8 Å². The monoisotopic (exact) mass is 232 g/mol. The molecule has 0 aliphatic heterocycles. The van der Waals surface area contributed by atoms with E-state index in [9.17, 15) is 0 Å². The van der Waals surface area contributed by atoms with Gasteiger partial charge in [0.2, 0.25) is 0 Å². The van der Waals surface area contributed by atoms with Crippen LogP contribution in [-0.4, -0.2) is 36.3 Å². The third kappa shape index (κ3) is 3.84. The summed E-state index contributed by atoms with van der Waals surface area (Å²) in [6, 6.07) is 9.92. The van der Waals surface area contributed by atoms with Gasteiger partial charge in [-0.25, -0.2) is 0 Å². The number of H-pyrrole nitrogens is 2. The molecule has 2 aromatic heterocycles. The van der Waals surface area contributed by atoms with E-state index in [-0.39, 0.29) is 5.48 Å². The molecule has 3 rings (SSSR count). The second-order valence-corrected chi connectivity index (χ2v) is 2.88. The Balaban J connectivity index is 0.000000205. The largest absolute Gasteiger partial charge is 0.412 e. The van der Waals surface area contributed by atoms with Crippen molar-refractivity contribution >= 4 is 0 Å². The van der Waals surface area contributed by atoms with Gasteiger partial charge in [-0.3, -0.25) is 0 Å². The summed E-state index contributed by atoms with van der Waals surface area (Å²) >= 11 is 0. The van der Waals surface area contributed by atoms with Crippen LogP contribution >= 0.6 is 0 Å². The first kappa shape index (κ1) is 12.5. The highest BCUT2D eigenvalue weighted by Crippen LogP contribution is 2.12. The fraction of sp³-hybridized carbons (Fsp3) is 0. The average Bonchev–Trinajstić information content (AvgIpc) is 3.07. The van der Waals surface area contributed by atoms with Gasteiger partial charge in [0.25, 0.3) is 0 Å². The van der Waals surface area contributed by atoms with Crippen molar-refractivity contribution in [3.63, 3.8) is 0 Å². The van der Waals surface area contributed by atoms with Crippen LogP contribution in [0.25, 0.3) is 11.3 Å². The topological polar surface area (TPSA) is 115 Å². The highest BCUT2D eigenvalue weighted by Gasteiger charge is 1.96. The molecular weight excluding hydrogens is 220 g/mol. The van der Waals surface area contributed by atoms with E-state index in [2.05, 4.69) is 30.8 Å². The van der Waals surface area contributed by atoms with Crippen molar-refractivity contribution in [2.75, 3.05) is 0 Å². The van der Waals surface area contributed by atoms with Crippen molar-refractivity contribution in [1.29, 1.82) is 0 Å². The summed E-state index contributed by atoms with van der Waals surface area (Å²) in [6.07, 6.45) is 4.87. The number of nitrogens with one attached hydrogen (secondary N) is 2. The number of nitrogens with zero attached hydrogens (tertiary/aromatic N) is 4. The summed E-state index contributed by atoms with van der Waals surface area (Å²) in [5.74, 6) is 0. The molecule has 7 nitrogen and oxygen atoms in total. The lowest BCUT2D eigenvalue weighted by atomic mass is 10.2. The molecule has 0 spiro atoms. The van der Waals surface area contributed by atoms with Crippen molar-refractivity contribution in [2.24, 2.45) is 0 Å². The number of benzene rings is 1. The van der Waals surface area contributed by atoms with Crippen LogP contribution in [0.4, 0.5) is 0 Å². The van der Waals surface area contributed by atoms with E-state index < -0.39 is 0 Å². The third-order valence-electron chi connectivity index (χ3n) is 1.82. The van der Waals surface area contributed by atoms with Crippen LogP contribution in [0.1, 0.15) is 0 Å². The van der Waals surface area contributed by atoms with Crippen LogP contribution in [0, 0.1) is 0 Å². The van der Waals surface area contributed by atoms with Gasteiger partial charge in [-0.15, -0.1) is 0 Å². The van der Waals surface area contributed by atoms with Crippen molar-refractivity contribution in [3.8, 4) is 11.3 Å². The zero-order valence-electron chi connectivity index (χ0n) is 8.91. The van der Waals surface area contributed by atoms with Crippen molar-refractivity contribution in [3.05, 3.63) is 48.9 Å². The molecule has 3 aromatic rings. The lowest BCUT2D eigenvalue weighted by molar-refractivity contribution is 0.824. The number of hydrogen-bond acceptors (Lipinski definition) is 4. The second kappa shape index (κ2) is 6.85. The summed E-state index contributed by atoms with van der Waals surface area (Å²) in [5.41, 5.74) is 1.96. The number of aromatic nitrogens is 6. The van der Waals surface area contributed by atoms with Gasteiger partial charge in [-0.2, -0.15) is 30.8 Å². The highest BCUT2D eigenvalue weighted by atomic mass is 16.0. The van der Waals surface area contributed by atoms with Crippen LogP contribution in [0.2, 0.25) is 0 Å². The predicted octanol–water partition coefficient (Wildman–Crippen LogP) is 0.452. The molecule has 0 fully saturated rings. The molecule has 0 saturated heterocycles. The van der Waals surface area contributed by atoms with Gasteiger partial charge in [-0.05, 0) is 0 Å². The van der Waals surface area contributed by atoms with Gasteiger partial charge in [-0.1, -0.05) is 30.3 Å². The fourth-order valence-electron chi connectivity index (χ4n) is 1.12. The third-order valence-corrected chi connectivity index (χ3v) is 1.82. The first-order valence-electron chi connectivity index (χ1n) is 4.68. The molecule has 0 bridgehead atoms. The smallest absolute Gasteiger partial charge is 0.112 e. The van der Waals surface area contributed by atoms with Gasteiger partial charge < -0.3 is 5.48 Å². The molecule has 88 valence electrons. The first-order chi connectivity index (χ1) is 7.97. The molecule has 17 heavy (non-hydrogen) atoms. The molecule has 0 saturated carbocycles. The maximum absolute atomic E-state index is 3.95. The number of aromatic amines is 2. The lowest BCUT2D eigenvalue weighted by Gasteiger charge is -1.90. The Morgan fingerprint density at radius 1 is 0.824 bits per heavy atom. The Bertz CT molecular complexity index is 462. The zero-order chi connectivity index (χ0) is 11.1. The van der Waals surface area contributed by atoms with Gasteiger partial charge in [0, 0.05) is 5.56 Å². The summed E-state index contributed by atoms with van der Waals surface area (Å²) < 4.78 is 0. The number of rotatable bonds is 1. The molecule has 4 N–H and O–H groups in total. The molecule has 7 heteroatoms. The highest BCUT2D eigenvalue weighted by molar-refractivity contribution is 5.56. The lowest BCUT2D eigenvalue weighted by Crippen LogP contribution is -1.75. The second-order valence-electron chi connectivity index (χ2n) is 2.88. The Labute approximate surface area is 97.2 Å². The molecule has 1 aromatic carbocycles. The van der Waals surface area contributed by atoms with Crippen molar-refractivity contribution in [2.45, 2.75) is 0 Å². The van der Waals surface area contributed by atoms with Crippen LogP contribution in [0.3, 0.4) is 0 Å². The maximum Gasteiger partial charge on any atom is 0.112 e. The molecule has 0 unspecified atom stereocenters. The molecule has 0 aliphatic carbocycles. The first-order valence-corrected chi connectivity index (χ1v) is 4.68. The molecule has 2 heterocycles. The Kier molecular flexibility index (Phi) is 5.05. The fourth-order valence-corrected chi connectivity index (χ4v) is 1.12. The van der Waals surface area contributed by atoms with Crippen molar-refractivity contribution < 1.29 is 5.48 Å². The van der Waals surface area contributed by atoms with E-state index in [1.165, 1.54) is 0 Å². The van der Waals surface area contributed by atoms with E-state index in [4.69, 9.17) is 0 Å². The van der Waals surface area contributed by atoms with Gasteiger partial charge >= 0.3 is 0 Å². The Hall–Kier alpha value is -2.54. The Morgan fingerprint density at radius 3 is 2.00 bits per heavy atom. The summed E-state index contributed by atoms with van der Waals surface area (Å²) in [6.45, 7) is 0.